The van der Waals surface area contributed by atoms with Gasteiger partial charge in [0.2, 0.25) is 5.92 Å². The average molecular weight is 160 g/mol. The molecule has 0 radical (unpaired) electrons. The van der Waals surface area contributed by atoms with Crippen LogP contribution in [0, 0.1) is 11.8 Å². The van der Waals surface area contributed by atoms with Crippen molar-refractivity contribution in [2.24, 2.45) is 11.8 Å². The normalized spacial score (nSPS) is 41.1. The average Bonchev–Trinajstić information content (AvgIpc) is 2.17. The van der Waals surface area contributed by atoms with E-state index in [0.717, 1.165) is 0 Å². The molecule has 0 saturated heterocycles. The second-order valence-electron chi connectivity index (χ2n) is 3.73. The lowest BCUT2D eigenvalue weighted by Gasteiger charge is -2.07. The predicted molar refractivity (Wildman–Crippen MR) is 35.4 cm³/mol. The van der Waals surface area contributed by atoms with E-state index in [1.165, 1.54) is 0 Å². The molecule has 0 aromatic rings. The molecule has 0 aliphatic heterocycles. The maximum atomic E-state index is 12.7. The van der Waals surface area contributed by atoms with Gasteiger partial charge in [0.1, 0.15) is 5.78 Å². The Kier molecular flexibility index (Phi) is 1.32. The number of alkyl halides is 2. The fourth-order valence-corrected chi connectivity index (χ4v) is 2.33. The molecule has 3 heteroatoms. The van der Waals surface area contributed by atoms with Gasteiger partial charge in [-0.25, -0.2) is 8.78 Å². The molecular formula is C8H10F2O. The van der Waals surface area contributed by atoms with Gasteiger partial charge in [0, 0.05) is 25.7 Å². The molecule has 0 unspecified atom stereocenters. The highest BCUT2D eigenvalue weighted by Gasteiger charge is 2.50. The molecule has 62 valence electrons. The highest BCUT2D eigenvalue weighted by atomic mass is 19.3. The Bertz CT molecular complexity index is 182. The highest BCUT2D eigenvalue weighted by molar-refractivity contribution is 5.81. The maximum absolute atomic E-state index is 12.7. The minimum Gasteiger partial charge on any atom is -0.300 e. The van der Waals surface area contributed by atoms with Crippen molar-refractivity contribution >= 4 is 5.78 Å². The molecule has 2 atom stereocenters. The van der Waals surface area contributed by atoms with Gasteiger partial charge in [0.15, 0.2) is 0 Å². The van der Waals surface area contributed by atoms with E-state index in [-0.39, 0.29) is 30.5 Å². The standard InChI is InChI=1S/C8H10F2O/c9-8(10)3-5-1-7(11)2-6(5)4-8/h5-6H,1-4H2/t5-,6-/m1/s1. The fourth-order valence-electron chi connectivity index (χ4n) is 2.33. The topological polar surface area (TPSA) is 17.1 Å². The molecule has 2 rings (SSSR count). The van der Waals surface area contributed by atoms with Crippen molar-refractivity contribution in [3.05, 3.63) is 0 Å². The van der Waals surface area contributed by atoms with Crippen LogP contribution in [0.4, 0.5) is 8.78 Å². The van der Waals surface area contributed by atoms with E-state index in [2.05, 4.69) is 0 Å². The van der Waals surface area contributed by atoms with Gasteiger partial charge in [-0.05, 0) is 11.8 Å². The van der Waals surface area contributed by atoms with Crippen LogP contribution in [0.1, 0.15) is 25.7 Å². The van der Waals surface area contributed by atoms with E-state index >= 15 is 0 Å². The molecule has 2 saturated carbocycles. The monoisotopic (exact) mass is 160 g/mol. The van der Waals surface area contributed by atoms with E-state index in [4.69, 9.17) is 0 Å². The van der Waals surface area contributed by atoms with Crippen molar-refractivity contribution in [2.75, 3.05) is 0 Å². The van der Waals surface area contributed by atoms with Crippen LogP contribution < -0.4 is 0 Å². The summed E-state index contributed by atoms with van der Waals surface area (Å²) in [6.07, 6.45) is 0.702. The zero-order chi connectivity index (χ0) is 8.06. The number of ketones is 1. The Morgan fingerprint density at radius 3 is 2.09 bits per heavy atom. The number of rotatable bonds is 0. The summed E-state index contributed by atoms with van der Waals surface area (Å²) >= 11 is 0. The van der Waals surface area contributed by atoms with Gasteiger partial charge in [0.25, 0.3) is 0 Å². The first kappa shape index (κ1) is 7.19. The van der Waals surface area contributed by atoms with E-state index in [1.54, 1.807) is 0 Å². The van der Waals surface area contributed by atoms with Crippen LogP contribution in [0.2, 0.25) is 0 Å². The molecule has 2 aliphatic rings. The summed E-state index contributed by atoms with van der Waals surface area (Å²) in [6, 6.07) is 0. The first-order valence-corrected chi connectivity index (χ1v) is 3.96. The molecule has 0 N–H and O–H groups in total. The van der Waals surface area contributed by atoms with Gasteiger partial charge in [-0.3, -0.25) is 4.79 Å². The number of hydrogen-bond acceptors (Lipinski definition) is 1. The number of fused-ring (bicyclic) bond motifs is 1. The van der Waals surface area contributed by atoms with Crippen molar-refractivity contribution in [1.29, 1.82) is 0 Å². The van der Waals surface area contributed by atoms with Crippen molar-refractivity contribution in [2.45, 2.75) is 31.6 Å². The Hall–Kier alpha value is -0.470. The maximum Gasteiger partial charge on any atom is 0.248 e. The SMILES string of the molecule is O=C1C[C@@H]2CC(F)(F)C[C@H]2C1. The lowest BCUT2D eigenvalue weighted by molar-refractivity contribution is -0.118. The van der Waals surface area contributed by atoms with Crippen molar-refractivity contribution in [3.8, 4) is 0 Å². The van der Waals surface area contributed by atoms with Crippen LogP contribution in [0.3, 0.4) is 0 Å². The number of carbonyl (C=O) groups is 1. The number of carbonyl (C=O) groups excluding carboxylic acids is 1. The molecule has 0 amide bonds. The third kappa shape index (κ3) is 1.17. The van der Waals surface area contributed by atoms with Gasteiger partial charge in [-0.2, -0.15) is 0 Å². The van der Waals surface area contributed by atoms with Crippen molar-refractivity contribution in [3.63, 3.8) is 0 Å². The van der Waals surface area contributed by atoms with E-state index in [0.29, 0.717) is 12.8 Å². The molecule has 2 fully saturated rings. The smallest absolute Gasteiger partial charge is 0.248 e. The quantitative estimate of drug-likeness (QED) is 0.529. The minimum absolute atomic E-state index is 0.00231. The van der Waals surface area contributed by atoms with Gasteiger partial charge in [-0.1, -0.05) is 0 Å². The van der Waals surface area contributed by atoms with Gasteiger partial charge in [-0.15, -0.1) is 0 Å². The molecule has 1 nitrogen and oxygen atoms in total. The second kappa shape index (κ2) is 2.02. The zero-order valence-electron chi connectivity index (χ0n) is 6.15. The minimum atomic E-state index is -2.48. The van der Waals surface area contributed by atoms with E-state index in [1.807, 2.05) is 0 Å². The summed E-state index contributed by atoms with van der Waals surface area (Å²) in [5, 5.41) is 0. The molecule has 0 aromatic heterocycles. The van der Waals surface area contributed by atoms with Crippen LogP contribution in [0.5, 0.6) is 0 Å². The third-order valence-corrected chi connectivity index (χ3v) is 2.77. The lowest BCUT2D eigenvalue weighted by Crippen LogP contribution is -2.11. The van der Waals surface area contributed by atoms with Gasteiger partial charge >= 0.3 is 0 Å². The van der Waals surface area contributed by atoms with E-state index in [9.17, 15) is 13.6 Å². The lowest BCUT2D eigenvalue weighted by atomic mass is 10.0. The molecule has 0 aromatic carbocycles. The molecular weight excluding hydrogens is 150 g/mol. The number of halogens is 2. The summed E-state index contributed by atoms with van der Waals surface area (Å²) in [6.45, 7) is 0. The van der Waals surface area contributed by atoms with Crippen molar-refractivity contribution in [1.82, 2.24) is 0 Å². The molecule has 11 heavy (non-hydrogen) atoms. The highest BCUT2D eigenvalue weighted by Crippen LogP contribution is 2.49. The van der Waals surface area contributed by atoms with Crippen LogP contribution in [-0.4, -0.2) is 11.7 Å². The first-order chi connectivity index (χ1) is 5.07. The number of Topliss-reactive ketones (excluding diaryl/α,β-unsaturated/α-hetero) is 1. The predicted octanol–water partition coefficient (Wildman–Crippen LogP) is 2.01. The summed E-state index contributed by atoms with van der Waals surface area (Å²) in [5.41, 5.74) is 0. The Balaban J connectivity index is 2.09. The Labute approximate surface area is 63.8 Å². The van der Waals surface area contributed by atoms with Crippen LogP contribution >= 0.6 is 0 Å². The summed E-state index contributed by atoms with van der Waals surface area (Å²) < 4.78 is 25.4. The zero-order valence-corrected chi connectivity index (χ0v) is 6.15. The van der Waals surface area contributed by atoms with Gasteiger partial charge < -0.3 is 0 Å². The largest absolute Gasteiger partial charge is 0.300 e. The Morgan fingerprint density at radius 1 is 1.18 bits per heavy atom. The van der Waals surface area contributed by atoms with Crippen molar-refractivity contribution < 1.29 is 13.6 Å². The summed E-state index contributed by atoms with van der Waals surface area (Å²) in [7, 11) is 0. The summed E-state index contributed by atoms with van der Waals surface area (Å²) in [4.78, 5) is 10.8. The van der Waals surface area contributed by atoms with Crippen LogP contribution in [0.25, 0.3) is 0 Å². The molecule has 2 aliphatic carbocycles. The van der Waals surface area contributed by atoms with Gasteiger partial charge in [0.05, 0.1) is 0 Å². The molecule has 0 spiro atoms. The third-order valence-electron chi connectivity index (χ3n) is 2.77. The first-order valence-electron chi connectivity index (χ1n) is 3.96. The van der Waals surface area contributed by atoms with E-state index < -0.39 is 5.92 Å². The summed E-state index contributed by atoms with van der Waals surface area (Å²) in [5.74, 6) is -2.30. The number of hydrogen-bond donors (Lipinski definition) is 0. The second-order valence-corrected chi connectivity index (χ2v) is 3.73. The fraction of sp³-hybridized carbons (Fsp3) is 0.875. The molecule has 0 heterocycles. The molecule has 0 bridgehead atoms. The Morgan fingerprint density at radius 2 is 1.64 bits per heavy atom. The van der Waals surface area contributed by atoms with Crippen LogP contribution in [0.15, 0.2) is 0 Å². The van der Waals surface area contributed by atoms with Crippen LogP contribution in [-0.2, 0) is 4.79 Å².